The first kappa shape index (κ1) is 15.7. The third-order valence-corrected chi connectivity index (χ3v) is 4.17. The number of rotatable bonds is 5. The highest BCUT2D eigenvalue weighted by Gasteiger charge is 2.24. The summed E-state index contributed by atoms with van der Waals surface area (Å²) in [4.78, 5) is 18.5. The van der Waals surface area contributed by atoms with Gasteiger partial charge in [0.15, 0.2) is 0 Å². The van der Waals surface area contributed by atoms with E-state index in [1.165, 1.54) is 5.56 Å². The Bertz CT molecular complexity index is 616. The fraction of sp³-hybridized carbons (Fsp3) is 0.368. The molecule has 1 aromatic carbocycles. The molecule has 2 aromatic rings. The van der Waals surface area contributed by atoms with Gasteiger partial charge >= 0.3 is 0 Å². The van der Waals surface area contributed by atoms with E-state index in [1.54, 1.807) is 6.20 Å². The van der Waals surface area contributed by atoms with Gasteiger partial charge in [-0.05, 0) is 30.0 Å². The van der Waals surface area contributed by atoms with Crippen molar-refractivity contribution in [1.82, 2.24) is 9.88 Å². The number of amides is 1. The predicted octanol–water partition coefficient (Wildman–Crippen LogP) is 3.00. The fourth-order valence-electron chi connectivity index (χ4n) is 2.89. The Balaban J connectivity index is 1.49. The van der Waals surface area contributed by atoms with E-state index in [9.17, 15) is 4.79 Å². The summed E-state index contributed by atoms with van der Waals surface area (Å²) in [5, 5.41) is 0. The van der Waals surface area contributed by atoms with Gasteiger partial charge in [-0.2, -0.15) is 0 Å². The normalized spacial score (nSPS) is 17.9. The van der Waals surface area contributed by atoms with E-state index in [0.717, 1.165) is 18.4 Å². The quantitative estimate of drug-likeness (QED) is 0.852. The molecule has 1 saturated heterocycles. The van der Waals surface area contributed by atoms with Crippen LogP contribution in [0, 0.1) is 0 Å². The van der Waals surface area contributed by atoms with Crippen molar-refractivity contribution in [1.29, 1.82) is 0 Å². The van der Waals surface area contributed by atoms with Gasteiger partial charge in [0, 0.05) is 25.4 Å². The lowest BCUT2D eigenvalue weighted by Gasteiger charge is -2.33. The van der Waals surface area contributed by atoms with E-state index in [-0.39, 0.29) is 12.0 Å². The molecule has 4 heteroatoms. The number of pyridine rings is 1. The lowest BCUT2D eigenvalue weighted by atomic mass is 10.1. The Labute approximate surface area is 137 Å². The first-order valence-electron chi connectivity index (χ1n) is 8.16. The van der Waals surface area contributed by atoms with Crippen LogP contribution in [0.2, 0.25) is 0 Å². The number of benzene rings is 1. The Hall–Kier alpha value is -2.20. The number of hydrogen-bond donors (Lipinski definition) is 0. The number of nitrogens with zero attached hydrogens (tertiary/aromatic N) is 2. The maximum Gasteiger partial charge on any atom is 0.222 e. The van der Waals surface area contributed by atoms with Crippen LogP contribution in [0.15, 0.2) is 54.9 Å². The molecule has 0 radical (unpaired) electrons. The number of carbonyl (C=O) groups excluding carboxylic acids is 1. The minimum absolute atomic E-state index is 0.00720. The number of morpholine rings is 1. The number of aromatic nitrogens is 1. The summed E-state index contributed by atoms with van der Waals surface area (Å²) in [6.45, 7) is 1.94. The Kier molecular flexibility index (Phi) is 5.37. The van der Waals surface area contributed by atoms with E-state index in [4.69, 9.17) is 4.74 Å². The Morgan fingerprint density at radius 1 is 1.22 bits per heavy atom. The average Bonchev–Trinajstić information content (AvgIpc) is 2.63. The highest BCUT2D eigenvalue weighted by atomic mass is 16.5. The topological polar surface area (TPSA) is 42.4 Å². The molecule has 0 aliphatic carbocycles. The van der Waals surface area contributed by atoms with Gasteiger partial charge in [-0.1, -0.05) is 36.4 Å². The zero-order valence-corrected chi connectivity index (χ0v) is 13.2. The monoisotopic (exact) mass is 310 g/mol. The van der Waals surface area contributed by atoms with E-state index in [2.05, 4.69) is 23.2 Å². The molecule has 1 amide bonds. The van der Waals surface area contributed by atoms with Gasteiger partial charge in [-0.15, -0.1) is 0 Å². The van der Waals surface area contributed by atoms with Gasteiger partial charge in [-0.3, -0.25) is 9.78 Å². The molecule has 1 aliphatic rings. The molecule has 0 bridgehead atoms. The van der Waals surface area contributed by atoms with Gasteiger partial charge in [0.2, 0.25) is 5.91 Å². The molecule has 4 nitrogen and oxygen atoms in total. The van der Waals surface area contributed by atoms with Crippen LogP contribution in [0.25, 0.3) is 0 Å². The van der Waals surface area contributed by atoms with E-state index in [0.29, 0.717) is 26.1 Å². The highest BCUT2D eigenvalue weighted by molar-refractivity contribution is 5.76. The summed E-state index contributed by atoms with van der Waals surface area (Å²) in [5.41, 5.74) is 2.32. The van der Waals surface area contributed by atoms with Gasteiger partial charge in [0.05, 0.1) is 13.2 Å². The molecule has 0 N–H and O–H groups in total. The smallest absolute Gasteiger partial charge is 0.222 e. The van der Waals surface area contributed by atoms with Crippen LogP contribution in [0.3, 0.4) is 0 Å². The van der Waals surface area contributed by atoms with Crippen molar-refractivity contribution < 1.29 is 9.53 Å². The third-order valence-electron chi connectivity index (χ3n) is 4.17. The maximum absolute atomic E-state index is 12.4. The van der Waals surface area contributed by atoms with Crippen molar-refractivity contribution in [2.75, 3.05) is 19.7 Å². The summed E-state index contributed by atoms with van der Waals surface area (Å²) >= 11 is 0. The lowest BCUT2D eigenvalue weighted by Crippen LogP contribution is -2.42. The zero-order valence-electron chi connectivity index (χ0n) is 13.2. The molecule has 120 valence electrons. The van der Waals surface area contributed by atoms with Crippen LogP contribution >= 0.6 is 0 Å². The molecule has 1 fully saturated rings. The van der Waals surface area contributed by atoms with Crippen LogP contribution in [-0.4, -0.2) is 35.5 Å². The molecule has 1 aromatic heterocycles. The molecule has 0 spiro atoms. The second-order valence-corrected chi connectivity index (χ2v) is 5.82. The number of hydrogen-bond acceptors (Lipinski definition) is 3. The molecule has 1 aliphatic heterocycles. The van der Waals surface area contributed by atoms with Crippen molar-refractivity contribution in [3.05, 3.63) is 66.0 Å². The minimum Gasteiger partial charge on any atom is -0.370 e. The first-order chi connectivity index (χ1) is 11.3. The van der Waals surface area contributed by atoms with Gasteiger partial charge in [-0.25, -0.2) is 0 Å². The summed E-state index contributed by atoms with van der Waals surface area (Å²) in [6.07, 6.45) is 5.96. The largest absolute Gasteiger partial charge is 0.370 e. The van der Waals surface area contributed by atoms with E-state index in [1.807, 2.05) is 35.4 Å². The van der Waals surface area contributed by atoms with Gasteiger partial charge in [0.25, 0.3) is 0 Å². The second-order valence-electron chi connectivity index (χ2n) is 5.82. The van der Waals surface area contributed by atoms with Crippen LogP contribution in [-0.2, 0) is 16.0 Å². The minimum atomic E-state index is -0.00720. The third kappa shape index (κ3) is 4.39. The van der Waals surface area contributed by atoms with Crippen molar-refractivity contribution >= 4 is 5.91 Å². The summed E-state index contributed by atoms with van der Waals surface area (Å²) in [6, 6.07) is 14.1. The molecule has 2 heterocycles. The molecule has 1 unspecified atom stereocenters. The molecule has 23 heavy (non-hydrogen) atoms. The standard InChI is InChI=1S/C19H22N2O2/c22-19(10-4-6-16-7-5-11-20-14-16)21-12-13-23-18(15-21)17-8-2-1-3-9-17/h1-3,5,7-9,11,14,18H,4,6,10,12-13,15H2. The van der Waals surface area contributed by atoms with Crippen molar-refractivity contribution in [3.63, 3.8) is 0 Å². The Morgan fingerprint density at radius 2 is 2.09 bits per heavy atom. The zero-order chi connectivity index (χ0) is 15.9. The average molecular weight is 310 g/mol. The van der Waals surface area contributed by atoms with Crippen LogP contribution in [0.1, 0.15) is 30.1 Å². The van der Waals surface area contributed by atoms with Gasteiger partial charge < -0.3 is 9.64 Å². The molecular weight excluding hydrogens is 288 g/mol. The van der Waals surface area contributed by atoms with Crippen molar-refractivity contribution in [2.24, 2.45) is 0 Å². The molecular formula is C19H22N2O2. The van der Waals surface area contributed by atoms with E-state index >= 15 is 0 Å². The van der Waals surface area contributed by atoms with Crippen LogP contribution in [0.5, 0.6) is 0 Å². The second kappa shape index (κ2) is 7.88. The van der Waals surface area contributed by atoms with Crippen LogP contribution in [0.4, 0.5) is 0 Å². The summed E-state index contributed by atoms with van der Waals surface area (Å²) in [5.74, 6) is 0.220. The van der Waals surface area contributed by atoms with Gasteiger partial charge in [0.1, 0.15) is 6.10 Å². The summed E-state index contributed by atoms with van der Waals surface area (Å²) < 4.78 is 5.82. The van der Waals surface area contributed by atoms with Crippen LogP contribution < -0.4 is 0 Å². The van der Waals surface area contributed by atoms with Crippen molar-refractivity contribution in [2.45, 2.75) is 25.4 Å². The first-order valence-corrected chi connectivity index (χ1v) is 8.16. The SMILES string of the molecule is O=C(CCCc1cccnc1)N1CCOC(c2ccccc2)C1. The number of ether oxygens (including phenoxy) is 1. The number of aryl methyl sites for hydroxylation is 1. The lowest BCUT2D eigenvalue weighted by molar-refractivity contribution is -0.139. The Morgan fingerprint density at radius 3 is 2.87 bits per heavy atom. The number of carbonyl (C=O) groups is 1. The summed E-state index contributed by atoms with van der Waals surface area (Å²) in [7, 11) is 0. The molecule has 1 atom stereocenters. The predicted molar refractivity (Wildman–Crippen MR) is 88.9 cm³/mol. The van der Waals surface area contributed by atoms with E-state index < -0.39 is 0 Å². The molecule has 0 saturated carbocycles. The maximum atomic E-state index is 12.4. The van der Waals surface area contributed by atoms with Crippen molar-refractivity contribution in [3.8, 4) is 0 Å². The fourth-order valence-corrected chi connectivity index (χ4v) is 2.89. The molecule has 3 rings (SSSR count). The highest BCUT2D eigenvalue weighted by Crippen LogP contribution is 2.22.